The lowest BCUT2D eigenvalue weighted by Gasteiger charge is -2.14. The van der Waals surface area contributed by atoms with E-state index in [1.54, 1.807) is 30.3 Å². The van der Waals surface area contributed by atoms with Crippen molar-refractivity contribution in [1.82, 2.24) is 9.66 Å². The van der Waals surface area contributed by atoms with E-state index >= 15 is 0 Å². The summed E-state index contributed by atoms with van der Waals surface area (Å²) in [4.78, 5) is 28.4. The molecule has 1 atom stereocenters. The average Bonchev–Trinajstić information content (AvgIpc) is 2.72. The molecule has 0 radical (unpaired) electrons. The van der Waals surface area contributed by atoms with E-state index in [9.17, 15) is 9.59 Å². The quantitative estimate of drug-likeness (QED) is 0.484. The maximum Gasteiger partial charge on any atom is 0.341 e. The van der Waals surface area contributed by atoms with E-state index in [0.717, 1.165) is 10.9 Å². The third kappa shape index (κ3) is 4.88. The lowest BCUT2D eigenvalue weighted by Crippen LogP contribution is -2.23. The Morgan fingerprint density at radius 3 is 2.80 bits per heavy atom. The Bertz CT molecular complexity index is 1190. The number of aliphatic carboxylic acids is 1. The van der Waals surface area contributed by atoms with Crippen LogP contribution in [0.25, 0.3) is 10.9 Å². The minimum atomic E-state index is -1.09. The largest absolute Gasteiger partial charge is 0.480 e. The van der Waals surface area contributed by atoms with Gasteiger partial charge in [-0.15, -0.1) is 0 Å². The zero-order chi connectivity index (χ0) is 21.8. The molecule has 0 saturated carbocycles. The molecule has 0 bridgehead atoms. The molecular weight excluding hydrogens is 474 g/mol. The predicted octanol–water partition coefficient (Wildman–Crippen LogP) is 4.67. The first-order chi connectivity index (χ1) is 14.3. The van der Waals surface area contributed by atoms with Crippen molar-refractivity contribution in [1.29, 1.82) is 0 Å². The fourth-order valence-corrected chi connectivity index (χ4v) is 3.36. The van der Waals surface area contributed by atoms with Crippen LogP contribution < -0.4 is 10.3 Å². The van der Waals surface area contributed by atoms with Gasteiger partial charge in [-0.25, -0.2) is 9.78 Å². The van der Waals surface area contributed by atoms with E-state index in [1.807, 2.05) is 19.9 Å². The number of fused-ring (bicyclic) bond motifs is 1. The van der Waals surface area contributed by atoms with Crippen molar-refractivity contribution in [3.05, 3.63) is 67.6 Å². The summed E-state index contributed by atoms with van der Waals surface area (Å²) in [5.74, 6) is -0.241. The SMILES string of the molecule is CC[C@@H](C)c1nc2ccc(Br)cc2c(=O)n1N=Cc1ccc(OCC(=O)O)c(Cl)c1. The standard InChI is InChI=1S/C21H19BrClN3O4/c1-3-12(2)20-25-17-6-5-14(22)9-15(17)21(29)26(20)24-10-13-4-7-18(16(23)8-13)30-11-19(27)28/h4-10,12H,3,11H2,1-2H3,(H,27,28)/t12-/m1/s1. The molecule has 156 valence electrons. The predicted molar refractivity (Wildman–Crippen MR) is 120 cm³/mol. The van der Waals surface area contributed by atoms with E-state index in [1.165, 1.54) is 10.9 Å². The molecule has 1 aromatic heterocycles. The van der Waals surface area contributed by atoms with Gasteiger partial charge in [0, 0.05) is 10.4 Å². The van der Waals surface area contributed by atoms with Gasteiger partial charge in [0.1, 0.15) is 11.6 Å². The summed E-state index contributed by atoms with van der Waals surface area (Å²) in [5.41, 5.74) is 0.979. The molecule has 3 rings (SSSR count). The summed E-state index contributed by atoms with van der Waals surface area (Å²) in [6, 6.07) is 10.2. The summed E-state index contributed by atoms with van der Waals surface area (Å²) in [6.07, 6.45) is 2.30. The summed E-state index contributed by atoms with van der Waals surface area (Å²) in [7, 11) is 0. The van der Waals surface area contributed by atoms with Crippen molar-refractivity contribution >= 4 is 50.6 Å². The number of aromatic nitrogens is 2. The second kappa shape index (κ2) is 9.40. The summed E-state index contributed by atoms with van der Waals surface area (Å²) in [5, 5.41) is 13.8. The zero-order valence-corrected chi connectivity index (χ0v) is 18.6. The van der Waals surface area contributed by atoms with Crippen LogP contribution in [0.3, 0.4) is 0 Å². The normalized spacial score (nSPS) is 12.4. The smallest absolute Gasteiger partial charge is 0.341 e. The zero-order valence-electron chi connectivity index (χ0n) is 16.3. The molecule has 0 spiro atoms. The van der Waals surface area contributed by atoms with Gasteiger partial charge < -0.3 is 9.84 Å². The van der Waals surface area contributed by atoms with Crippen LogP contribution in [-0.4, -0.2) is 33.6 Å². The third-order valence-electron chi connectivity index (χ3n) is 4.52. The number of benzene rings is 2. The van der Waals surface area contributed by atoms with E-state index in [4.69, 9.17) is 21.4 Å². The van der Waals surface area contributed by atoms with Gasteiger partial charge in [-0.2, -0.15) is 9.78 Å². The number of ether oxygens (including phenoxy) is 1. The minimum Gasteiger partial charge on any atom is -0.480 e. The summed E-state index contributed by atoms with van der Waals surface area (Å²) in [6.45, 7) is 3.52. The Morgan fingerprint density at radius 2 is 2.13 bits per heavy atom. The van der Waals surface area contributed by atoms with Crippen molar-refractivity contribution < 1.29 is 14.6 Å². The molecule has 0 aliphatic carbocycles. The van der Waals surface area contributed by atoms with Gasteiger partial charge in [-0.3, -0.25) is 4.79 Å². The molecule has 30 heavy (non-hydrogen) atoms. The van der Waals surface area contributed by atoms with Crippen LogP contribution in [0, 0.1) is 0 Å². The van der Waals surface area contributed by atoms with Crippen LogP contribution >= 0.6 is 27.5 Å². The van der Waals surface area contributed by atoms with E-state index < -0.39 is 12.6 Å². The van der Waals surface area contributed by atoms with Crippen molar-refractivity contribution in [3.8, 4) is 5.75 Å². The Labute approximate surface area is 186 Å². The summed E-state index contributed by atoms with van der Waals surface area (Å²) < 4.78 is 7.21. The first-order valence-corrected chi connectivity index (χ1v) is 10.4. The van der Waals surface area contributed by atoms with Crippen LogP contribution in [0.2, 0.25) is 5.02 Å². The highest BCUT2D eigenvalue weighted by Crippen LogP contribution is 2.25. The van der Waals surface area contributed by atoms with Gasteiger partial charge in [0.25, 0.3) is 5.56 Å². The number of carboxylic acid groups (broad SMARTS) is 1. The second-order valence-corrected chi connectivity index (χ2v) is 8.00. The van der Waals surface area contributed by atoms with Crippen molar-refractivity contribution in [2.45, 2.75) is 26.2 Å². The van der Waals surface area contributed by atoms with Gasteiger partial charge in [-0.1, -0.05) is 41.4 Å². The van der Waals surface area contributed by atoms with E-state index in [0.29, 0.717) is 22.3 Å². The number of carboxylic acids is 1. The molecule has 1 heterocycles. The molecule has 0 fully saturated rings. The monoisotopic (exact) mass is 491 g/mol. The lowest BCUT2D eigenvalue weighted by molar-refractivity contribution is -0.139. The molecule has 0 unspecified atom stereocenters. The molecule has 0 saturated heterocycles. The van der Waals surface area contributed by atoms with Gasteiger partial charge in [0.2, 0.25) is 0 Å². The maximum atomic E-state index is 13.1. The molecule has 2 aromatic carbocycles. The number of halogens is 2. The number of carbonyl (C=O) groups is 1. The summed E-state index contributed by atoms with van der Waals surface area (Å²) >= 11 is 9.55. The van der Waals surface area contributed by atoms with E-state index in [-0.39, 0.29) is 22.2 Å². The highest BCUT2D eigenvalue weighted by molar-refractivity contribution is 9.10. The second-order valence-electron chi connectivity index (χ2n) is 6.67. The average molecular weight is 493 g/mol. The van der Waals surface area contributed by atoms with Gasteiger partial charge in [0.05, 0.1) is 22.1 Å². The van der Waals surface area contributed by atoms with Crippen LogP contribution in [0.4, 0.5) is 0 Å². The van der Waals surface area contributed by atoms with Crippen LogP contribution in [-0.2, 0) is 4.79 Å². The van der Waals surface area contributed by atoms with Gasteiger partial charge in [0.15, 0.2) is 6.61 Å². The number of rotatable bonds is 7. The molecule has 7 nitrogen and oxygen atoms in total. The van der Waals surface area contributed by atoms with Gasteiger partial charge >= 0.3 is 5.97 Å². The van der Waals surface area contributed by atoms with Crippen LogP contribution in [0.5, 0.6) is 5.75 Å². The third-order valence-corrected chi connectivity index (χ3v) is 5.30. The van der Waals surface area contributed by atoms with Crippen molar-refractivity contribution in [3.63, 3.8) is 0 Å². The van der Waals surface area contributed by atoms with Crippen molar-refractivity contribution in [2.24, 2.45) is 5.10 Å². The lowest BCUT2D eigenvalue weighted by atomic mass is 10.1. The Kier molecular flexibility index (Phi) is 6.89. The highest BCUT2D eigenvalue weighted by atomic mass is 79.9. The first-order valence-electron chi connectivity index (χ1n) is 9.20. The molecule has 3 aromatic rings. The first kappa shape index (κ1) is 22.0. The van der Waals surface area contributed by atoms with E-state index in [2.05, 4.69) is 26.0 Å². The molecule has 9 heteroatoms. The molecule has 0 aliphatic rings. The minimum absolute atomic E-state index is 0.0262. The number of hydrogen-bond acceptors (Lipinski definition) is 5. The van der Waals surface area contributed by atoms with Crippen LogP contribution in [0.15, 0.2) is 50.8 Å². The topological polar surface area (TPSA) is 93.8 Å². The fourth-order valence-electron chi connectivity index (χ4n) is 2.76. The molecule has 0 aliphatic heterocycles. The molecular formula is C21H19BrClN3O4. The van der Waals surface area contributed by atoms with Gasteiger partial charge in [-0.05, 0) is 48.4 Å². The molecule has 1 N–H and O–H groups in total. The van der Waals surface area contributed by atoms with Crippen LogP contribution in [0.1, 0.15) is 37.6 Å². The van der Waals surface area contributed by atoms with Crippen molar-refractivity contribution in [2.75, 3.05) is 6.61 Å². The fraction of sp³-hybridized carbons (Fsp3) is 0.238. The Morgan fingerprint density at radius 1 is 1.37 bits per heavy atom. The molecule has 0 amide bonds. The Balaban J connectivity index is 2.02. The number of hydrogen-bond donors (Lipinski definition) is 1. The highest BCUT2D eigenvalue weighted by Gasteiger charge is 2.15. The number of nitrogens with zero attached hydrogens (tertiary/aromatic N) is 3. The maximum absolute atomic E-state index is 13.1. The Hall–Kier alpha value is -2.71.